The van der Waals surface area contributed by atoms with Crippen molar-refractivity contribution >= 4 is 40.5 Å². The summed E-state index contributed by atoms with van der Waals surface area (Å²) in [6.45, 7) is 2.84. The summed E-state index contributed by atoms with van der Waals surface area (Å²) in [4.78, 5) is 12.2. The quantitative estimate of drug-likeness (QED) is 0.525. The fourth-order valence-corrected chi connectivity index (χ4v) is 2.45. The van der Waals surface area contributed by atoms with Crippen LogP contribution in [0.25, 0.3) is 0 Å². The minimum atomic E-state index is -0.274. The van der Waals surface area contributed by atoms with E-state index in [9.17, 15) is 4.79 Å². The number of nitrogens with one attached hydrogen (secondary N) is 2. The van der Waals surface area contributed by atoms with Crippen LogP contribution in [0.3, 0.4) is 0 Å². The van der Waals surface area contributed by atoms with E-state index < -0.39 is 0 Å². The zero-order valence-electron chi connectivity index (χ0n) is 14.0. The van der Waals surface area contributed by atoms with Gasteiger partial charge in [-0.1, -0.05) is 31.4 Å². The minimum absolute atomic E-state index is 0.229. The second-order valence-electron chi connectivity index (χ2n) is 5.50. The molecule has 0 bridgehead atoms. The Morgan fingerprint density at radius 1 is 1.08 bits per heavy atom. The van der Waals surface area contributed by atoms with E-state index in [4.69, 9.17) is 28.6 Å². The lowest BCUT2D eigenvalue weighted by Crippen LogP contribution is -2.34. The van der Waals surface area contributed by atoms with E-state index in [1.165, 1.54) is 0 Å². The summed E-state index contributed by atoms with van der Waals surface area (Å²) in [6, 6.07) is 14.1. The summed E-state index contributed by atoms with van der Waals surface area (Å²) in [5.74, 6) is 0.485. The van der Waals surface area contributed by atoms with Gasteiger partial charge in [-0.2, -0.15) is 0 Å². The number of hydrogen-bond acceptors (Lipinski definition) is 3. The molecule has 25 heavy (non-hydrogen) atoms. The molecule has 0 atom stereocenters. The Morgan fingerprint density at radius 2 is 1.76 bits per heavy atom. The van der Waals surface area contributed by atoms with Crippen molar-refractivity contribution < 1.29 is 9.53 Å². The maximum atomic E-state index is 12.2. The maximum Gasteiger partial charge on any atom is 0.257 e. The number of thiocarbonyl (C=S) groups is 1. The molecule has 1 amide bonds. The van der Waals surface area contributed by atoms with Gasteiger partial charge in [0.25, 0.3) is 5.91 Å². The highest BCUT2D eigenvalue weighted by atomic mass is 35.5. The zero-order valence-corrected chi connectivity index (χ0v) is 15.6. The Hall–Kier alpha value is -2.11. The van der Waals surface area contributed by atoms with Gasteiger partial charge in [-0.25, -0.2) is 0 Å². The summed E-state index contributed by atoms with van der Waals surface area (Å²) in [6.07, 6.45) is 3.34. The van der Waals surface area contributed by atoms with Crippen molar-refractivity contribution in [2.45, 2.75) is 26.2 Å². The van der Waals surface area contributed by atoms with E-state index in [1.54, 1.807) is 48.5 Å². The number of anilines is 1. The van der Waals surface area contributed by atoms with Crippen LogP contribution in [0, 0.1) is 0 Å². The fourth-order valence-electron chi connectivity index (χ4n) is 2.12. The highest BCUT2D eigenvalue weighted by Crippen LogP contribution is 2.14. The first-order valence-electron chi connectivity index (χ1n) is 8.19. The van der Waals surface area contributed by atoms with Crippen LogP contribution in [0.1, 0.15) is 36.5 Å². The molecule has 2 rings (SSSR count). The second kappa shape index (κ2) is 10.0. The van der Waals surface area contributed by atoms with Crippen LogP contribution in [0.5, 0.6) is 5.75 Å². The summed E-state index contributed by atoms with van der Waals surface area (Å²) < 4.78 is 5.63. The Bertz CT molecular complexity index is 702. The lowest BCUT2D eigenvalue weighted by Gasteiger charge is -2.10. The molecule has 2 aromatic rings. The van der Waals surface area contributed by atoms with Crippen molar-refractivity contribution in [2.24, 2.45) is 0 Å². The SMILES string of the molecule is CCCCCOc1ccc(C(=O)NC(=S)Nc2ccc(Cl)cc2)cc1. The molecule has 2 N–H and O–H groups in total. The fraction of sp³-hybridized carbons (Fsp3) is 0.263. The number of carbonyl (C=O) groups excluding carboxylic acids is 1. The molecule has 0 saturated carbocycles. The summed E-state index contributed by atoms with van der Waals surface area (Å²) >= 11 is 11.0. The normalized spacial score (nSPS) is 10.2. The summed E-state index contributed by atoms with van der Waals surface area (Å²) in [5, 5.41) is 6.45. The summed E-state index contributed by atoms with van der Waals surface area (Å²) in [7, 11) is 0. The van der Waals surface area contributed by atoms with Crippen LogP contribution in [0.4, 0.5) is 5.69 Å². The topological polar surface area (TPSA) is 50.4 Å². The van der Waals surface area contributed by atoms with Crippen LogP contribution >= 0.6 is 23.8 Å². The molecule has 0 fully saturated rings. The van der Waals surface area contributed by atoms with Crippen molar-refractivity contribution in [1.82, 2.24) is 5.32 Å². The van der Waals surface area contributed by atoms with E-state index in [0.717, 1.165) is 30.7 Å². The number of carbonyl (C=O) groups is 1. The van der Waals surface area contributed by atoms with Crippen molar-refractivity contribution in [2.75, 3.05) is 11.9 Å². The van der Waals surface area contributed by atoms with Crippen molar-refractivity contribution in [1.29, 1.82) is 0 Å². The van der Waals surface area contributed by atoms with Gasteiger partial charge >= 0.3 is 0 Å². The Morgan fingerprint density at radius 3 is 2.40 bits per heavy atom. The smallest absolute Gasteiger partial charge is 0.257 e. The predicted octanol–water partition coefficient (Wildman–Crippen LogP) is 5.04. The molecule has 2 aromatic carbocycles. The Labute approximate surface area is 158 Å². The summed E-state index contributed by atoms with van der Waals surface area (Å²) in [5.41, 5.74) is 1.27. The van der Waals surface area contributed by atoms with Crippen LogP contribution in [-0.2, 0) is 0 Å². The Kier molecular flexibility index (Phi) is 7.70. The maximum absolute atomic E-state index is 12.2. The van der Waals surface area contributed by atoms with Crippen LogP contribution < -0.4 is 15.4 Å². The van der Waals surface area contributed by atoms with E-state index in [1.807, 2.05) is 0 Å². The van der Waals surface area contributed by atoms with Crippen molar-refractivity contribution in [3.05, 3.63) is 59.1 Å². The Balaban J connectivity index is 1.83. The molecule has 0 heterocycles. The van der Waals surface area contributed by atoms with Crippen LogP contribution in [0.2, 0.25) is 5.02 Å². The van der Waals surface area contributed by atoms with Crippen LogP contribution in [-0.4, -0.2) is 17.6 Å². The number of benzene rings is 2. The molecule has 4 nitrogen and oxygen atoms in total. The molecule has 0 aliphatic rings. The molecule has 0 saturated heterocycles. The molecule has 132 valence electrons. The molecule has 0 aliphatic carbocycles. The predicted molar refractivity (Wildman–Crippen MR) is 107 cm³/mol. The lowest BCUT2D eigenvalue weighted by atomic mass is 10.2. The number of halogens is 1. The first-order chi connectivity index (χ1) is 12.1. The van der Waals surface area contributed by atoms with Gasteiger partial charge in [-0.15, -0.1) is 0 Å². The second-order valence-corrected chi connectivity index (χ2v) is 6.34. The average molecular weight is 377 g/mol. The first kappa shape index (κ1) is 19.2. The molecule has 0 unspecified atom stereocenters. The van der Waals surface area contributed by atoms with Crippen LogP contribution in [0.15, 0.2) is 48.5 Å². The van der Waals surface area contributed by atoms with E-state index in [0.29, 0.717) is 17.2 Å². The van der Waals surface area contributed by atoms with Gasteiger partial charge < -0.3 is 10.1 Å². The third-order valence-corrected chi connectivity index (χ3v) is 3.92. The molecular weight excluding hydrogens is 356 g/mol. The van der Waals surface area contributed by atoms with Crippen molar-refractivity contribution in [3.8, 4) is 5.75 Å². The molecule has 0 radical (unpaired) electrons. The molecule has 0 aromatic heterocycles. The standard InChI is InChI=1S/C19H21ClN2O2S/c1-2-3-4-13-24-17-11-5-14(6-12-17)18(23)22-19(25)21-16-9-7-15(20)8-10-16/h5-12H,2-4,13H2,1H3,(H2,21,22,23,25). The van der Waals surface area contributed by atoms with Gasteiger partial charge in [-0.3, -0.25) is 10.1 Å². The van der Waals surface area contributed by atoms with E-state index >= 15 is 0 Å². The third kappa shape index (κ3) is 6.72. The van der Waals surface area contributed by atoms with Gasteiger partial charge in [-0.05, 0) is 67.2 Å². The minimum Gasteiger partial charge on any atom is -0.494 e. The molecular formula is C19H21ClN2O2S. The van der Waals surface area contributed by atoms with Gasteiger partial charge in [0.2, 0.25) is 0 Å². The molecule has 6 heteroatoms. The third-order valence-electron chi connectivity index (χ3n) is 3.46. The molecule has 0 spiro atoms. The number of rotatable bonds is 7. The largest absolute Gasteiger partial charge is 0.494 e. The van der Waals surface area contributed by atoms with Gasteiger partial charge in [0.15, 0.2) is 5.11 Å². The average Bonchev–Trinajstić information content (AvgIpc) is 2.61. The number of amides is 1. The number of ether oxygens (including phenoxy) is 1. The van der Waals surface area contributed by atoms with Gasteiger partial charge in [0, 0.05) is 16.3 Å². The number of hydrogen-bond donors (Lipinski definition) is 2. The number of unbranched alkanes of at least 4 members (excludes halogenated alkanes) is 2. The van der Waals surface area contributed by atoms with E-state index in [2.05, 4.69) is 17.6 Å². The van der Waals surface area contributed by atoms with Gasteiger partial charge in [0.05, 0.1) is 6.61 Å². The zero-order chi connectivity index (χ0) is 18.1. The van der Waals surface area contributed by atoms with Crippen molar-refractivity contribution in [3.63, 3.8) is 0 Å². The molecule has 0 aliphatic heterocycles. The first-order valence-corrected chi connectivity index (χ1v) is 8.98. The highest BCUT2D eigenvalue weighted by molar-refractivity contribution is 7.80. The lowest BCUT2D eigenvalue weighted by molar-refractivity contribution is 0.0977. The monoisotopic (exact) mass is 376 g/mol. The highest BCUT2D eigenvalue weighted by Gasteiger charge is 2.08. The van der Waals surface area contributed by atoms with Gasteiger partial charge in [0.1, 0.15) is 5.75 Å². The van der Waals surface area contributed by atoms with E-state index in [-0.39, 0.29) is 11.0 Å².